The highest BCUT2D eigenvalue weighted by Crippen LogP contribution is 2.21. The Kier molecular flexibility index (Phi) is 5.20. The quantitative estimate of drug-likeness (QED) is 0.793. The van der Waals surface area contributed by atoms with Crippen molar-refractivity contribution in [1.82, 2.24) is 18.7 Å². The highest BCUT2D eigenvalue weighted by molar-refractivity contribution is 5.86. The van der Waals surface area contributed by atoms with Gasteiger partial charge >= 0.3 is 5.69 Å². The number of ketones is 1. The van der Waals surface area contributed by atoms with Crippen LogP contribution in [0, 0.1) is 5.41 Å². The standard InChI is InChI=1S/C17H27N5O3/c1-7-8-9-18-15-19-13-12(14(24)21(6)16(25)20(13)5)22(15)10-11(23)17(2,3)4/h7-10H2,1-6H3,(H,18,19). The maximum atomic E-state index is 12.6. The van der Waals surface area contributed by atoms with Crippen LogP contribution in [0.25, 0.3) is 11.2 Å². The Balaban J connectivity index is 2.69. The van der Waals surface area contributed by atoms with E-state index in [4.69, 9.17) is 0 Å². The highest BCUT2D eigenvalue weighted by Gasteiger charge is 2.26. The lowest BCUT2D eigenvalue weighted by molar-refractivity contribution is -0.126. The molecule has 138 valence electrons. The maximum absolute atomic E-state index is 12.6. The second kappa shape index (κ2) is 6.85. The molecule has 0 saturated heterocycles. The van der Waals surface area contributed by atoms with Gasteiger partial charge in [0.05, 0.1) is 6.54 Å². The number of nitrogens with zero attached hydrogens (tertiary/aromatic N) is 4. The largest absolute Gasteiger partial charge is 0.356 e. The molecule has 0 aromatic carbocycles. The molecule has 2 rings (SSSR count). The van der Waals surface area contributed by atoms with Crippen molar-refractivity contribution in [3.8, 4) is 0 Å². The van der Waals surface area contributed by atoms with Gasteiger partial charge in [0.1, 0.15) is 0 Å². The summed E-state index contributed by atoms with van der Waals surface area (Å²) in [5.74, 6) is 0.431. The van der Waals surface area contributed by atoms with Crippen molar-refractivity contribution in [1.29, 1.82) is 0 Å². The average molecular weight is 349 g/mol. The molecule has 0 aliphatic rings. The van der Waals surface area contributed by atoms with Crippen molar-refractivity contribution in [2.75, 3.05) is 11.9 Å². The first-order valence-electron chi connectivity index (χ1n) is 8.53. The van der Waals surface area contributed by atoms with E-state index in [1.165, 1.54) is 11.6 Å². The number of fused-ring (bicyclic) bond motifs is 1. The maximum Gasteiger partial charge on any atom is 0.332 e. The lowest BCUT2D eigenvalue weighted by atomic mass is 9.91. The number of carbonyl (C=O) groups excluding carboxylic acids is 1. The fourth-order valence-electron chi connectivity index (χ4n) is 2.49. The molecule has 1 N–H and O–H groups in total. The molecule has 2 heterocycles. The van der Waals surface area contributed by atoms with Crippen molar-refractivity contribution in [2.45, 2.75) is 47.1 Å². The van der Waals surface area contributed by atoms with Crippen molar-refractivity contribution in [3.63, 3.8) is 0 Å². The van der Waals surface area contributed by atoms with Crippen LogP contribution in [0.15, 0.2) is 9.59 Å². The molecule has 0 amide bonds. The molecule has 0 bridgehead atoms. The molecule has 0 atom stereocenters. The number of hydrogen-bond donors (Lipinski definition) is 1. The van der Waals surface area contributed by atoms with E-state index in [0.29, 0.717) is 12.5 Å². The SMILES string of the molecule is CCCCNc1nc2c(c(=O)n(C)c(=O)n2C)n1CC(=O)C(C)(C)C. The first-order chi connectivity index (χ1) is 11.6. The summed E-state index contributed by atoms with van der Waals surface area (Å²) in [6.07, 6.45) is 1.95. The Hall–Kier alpha value is -2.38. The summed E-state index contributed by atoms with van der Waals surface area (Å²) >= 11 is 0. The summed E-state index contributed by atoms with van der Waals surface area (Å²) < 4.78 is 3.97. The van der Waals surface area contributed by atoms with Gasteiger partial charge in [-0.1, -0.05) is 34.1 Å². The van der Waals surface area contributed by atoms with Gasteiger partial charge in [0.2, 0.25) is 5.95 Å². The zero-order valence-electron chi connectivity index (χ0n) is 15.8. The van der Waals surface area contributed by atoms with E-state index in [0.717, 1.165) is 17.4 Å². The number of aryl methyl sites for hydroxylation is 1. The Labute approximate surface area is 146 Å². The molecule has 0 aliphatic carbocycles. The Morgan fingerprint density at radius 2 is 1.80 bits per heavy atom. The molecule has 25 heavy (non-hydrogen) atoms. The number of hydrogen-bond acceptors (Lipinski definition) is 5. The molecule has 2 aromatic rings. The number of rotatable bonds is 6. The monoisotopic (exact) mass is 349 g/mol. The lowest BCUT2D eigenvalue weighted by Gasteiger charge is -2.18. The van der Waals surface area contributed by atoms with E-state index in [9.17, 15) is 14.4 Å². The van der Waals surface area contributed by atoms with Gasteiger partial charge in [-0.25, -0.2) is 4.79 Å². The van der Waals surface area contributed by atoms with Crippen LogP contribution < -0.4 is 16.6 Å². The number of unbranched alkanes of at least 4 members (excludes halogenated alkanes) is 1. The summed E-state index contributed by atoms with van der Waals surface area (Å²) in [6.45, 7) is 8.30. The van der Waals surface area contributed by atoms with Gasteiger partial charge in [-0.05, 0) is 6.42 Å². The van der Waals surface area contributed by atoms with Crippen LogP contribution >= 0.6 is 0 Å². The smallest absolute Gasteiger partial charge is 0.332 e. The zero-order chi connectivity index (χ0) is 18.9. The van der Waals surface area contributed by atoms with Gasteiger partial charge in [0.15, 0.2) is 16.9 Å². The van der Waals surface area contributed by atoms with Crippen LogP contribution in [0.4, 0.5) is 5.95 Å². The summed E-state index contributed by atoms with van der Waals surface area (Å²) in [4.78, 5) is 41.8. The fraction of sp³-hybridized carbons (Fsp3) is 0.647. The second-order valence-electron chi connectivity index (χ2n) is 7.35. The van der Waals surface area contributed by atoms with Gasteiger partial charge in [0, 0.05) is 26.1 Å². The molecule has 0 saturated carbocycles. The van der Waals surface area contributed by atoms with Crippen molar-refractivity contribution < 1.29 is 4.79 Å². The molecular formula is C17H27N5O3. The lowest BCUT2D eigenvalue weighted by Crippen LogP contribution is -2.38. The van der Waals surface area contributed by atoms with Gasteiger partial charge in [0.25, 0.3) is 5.56 Å². The predicted octanol–water partition coefficient (Wildman–Crippen LogP) is 1.26. The number of aromatic nitrogens is 4. The molecule has 0 unspecified atom stereocenters. The number of imidazole rings is 1. The third-order valence-corrected chi connectivity index (χ3v) is 4.30. The van der Waals surface area contributed by atoms with Crippen molar-refractivity contribution >= 4 is 22.9 Å². The van der Waals surface area contributed by atoms with Crippen LogP contribution in [0.5, 0.6) is 0 Å². The van der Waals surface area contributed by atoms with Gasteiger partial charge in [-0.15, -0.1) is 0 Å². The molecule has 8 nitrogen and oxygen atoms in total. The minimum atomic E-state index is -0.539. The zero-order valence-corrected chi connectivity index (χ0v) is 15.8. The first kappa shape index (κ1) is 19.0. The minimum absolute atomic E-state index is 0.0127. The Morgan fingerprint density at radius 1 is 1.16 bits per heavy atom. The predicted molar refractivity (Wildman–Crippen MR) is 98.1 cm³/mol. The van der Waals surface area contributed by atoms with Gasteiger partial charge in [-0.2, -0.15) is 4.98 Å². The minimum Gasteiger partial charge on any atom is -0.356 e. The summed E-state index contributed by atoms with van der Waals surface area (Å²) in [6, 6.07) is 0. The number of anilines is 1. The summed E-state index contributed by atoms with van der Waals surface area (Å²) in [5, 5.41) is 3.19. The molecule has 8 heteroatoms. The van der Waals surface area contributed by atoms with E-state index < -0.39 is 16.7 Å². The molecule has 0 fully saturated rings. The Bertz CT molecular complexity index is 911. The molecule has 0 radical (unpaired) electrons. The van der Waals surface area contributed by atoms with Crippen LogP contribution in [0.2, 0.25) is 0 Å². The molecule has 0 aliphatic heterocycles. The number of carbonyl (C=O) groups is 1. The molecule has 0 spiro atoms. The summed E-state index contributed by atoms with van der Waals surface area (Å²) in [5.41, 5.74) is -0.876. The topological polar surface area (TPSA) is 90.9 Å². The van der Waals surface area contributed by atoms with Crippen LogP contribution in [0.1, 0.15) is 40.5 Å². The normalized spacial score (nSPS) is 11.9. The van der Waals surface area contributed by atoms with Crippen LogP contribution in [-0.4, -0.2) is 31.0 Å². The van der Waals surface area contributed by atoms with E-state index in [-0.39, 0.29) is 23.5 Å². The Morgan fingerprint density at radius 3 is 2.36 bits per heavy atom. The number of Topliss-reactive ketones (excluding diaryl/α,β-unsaturated/α-hetero) is 1. The van der Waals surface area contributed by atoms with E-state index >= 15 is 0 Å². The van der Waals surface area contributed by atoms with Crippen molar-refractivity contribution in [3.05, 3.63) is 20.8 Å². The molecular weight excluding hydrogens is 322 g/mol. The van der Waals surface area contributed by atoms with Crippen LogP contribution in [-0.2, 0) is 25.4 Å². The van der Waals surface area contributed by atoms with Crippen LogP contribution in [0.3, 0.4) is 0 Å². The van der Waals surface area contributed by atoms with E-state index in [1.807, 2.05) is 20.8 Å². The third-order valence-electron chi connectivity index (χ3n) is 4.30. The second-order valence-corrected chi connectivity index (χ2v) is 7.35. The summed E-state index contributed by atoms with van der Waals surface area (Å²) in [7, 11) is 3.00. The van der Waals surface area contributed by atoms with Gasteiger partial charge < -0.3 is 5.32 Å². The third kappa shape index (κ3) is 3.52. The first-order valence-corrected chi connectivity index (χ1v) is 8.53. The van der Waals surface area contributed by atoms with Crippen molar-refractivity contribution in [2.24, 2.45) is 19.5 Å². The van der Waals surface area contributed by atoms with E-state index in [2.05, 4.69) is 17.2 Å². The molecule has 2 aromatic heterocycles. The fourth-order valence-corrected chi connectivity index (χ4v) is 2.49. The van der Waals surface area contributed by atoms with Gasteiger partial charge in [-0.3, -0.25) is 23.3 Å². The number of nitrogens with one attached hydrogen (secondary N) is 1. The van der Waals surface area contributed by atoms with E-state index in [1.54, 1.807) is 11.6 Å². The highest BCUT2D eigenvalue weighted by atomic mass is 16.2. The average Bonchev–Trinajstić information content (AvgIpc) is 2.89.